The third-order valence-electron chi connectivity index (χ3n) is 1.40. The van der Waals surface area contributed by atoms with Gasteiger partial charge >= 0.3 is 0 Å². The lowest BCUT2D eigenvalue weighted by Crippen LogP contribution is -2.15. The summed E-state index contributed by atoms with van der Waals surface area (Å²) in [6, 6.07) is 1.23. The summed E-state index contributed by atoms with van der Waals surface area (Å²) in [5.41, 5.74) is 0. The molecule has 0 aromatic carbocycles. The van der Waals surface area contributed by atoms with Gasteiger partial charge in [0, 0.05) is 5.88 Å². The van der Waals surface area contributed by atoms with Gasteiger partial charge in [0.2, 0.25) is 0 Å². The lowest BCUT2D eigenvalue weighted by atomic mass is 10.3. The highest BCUT2D eigenvalue weighted by atomic mass is 35.5. The van der Waals surface area contributed by atoms with Gasteiger partial charge in [-0.15, -0.1) is 11.6 Å². The fourth-order valence-corrected chi connectivity index (χ4v) is 3.13. The van der Waals surface area contributed by atoms with Gasteiger partial charge in [-0.2, -0.15) is 0 Å². The summed E-state index contributed by atoms with van der Waals surface area (Å²) in [4.78, 5) is 0. The van der Waals surface area contributed by atoms with Gasteiger partial charge in [0.25, 0.3) is 0 Å². The number of hydrogen-bond acceptors (Lipinski definition) is 1. The first kappa shape index (κ1) is 9.68. The van der Waals surface area contributed by atoms with E-state index in [9.17, 15) is 0 Å². The molecule has 2 unspecified atom stereocenters. The SMILES string of the molecule is CC(CCl)C[SiH](C)O[SiH3]. The van der Waals surface area contributed by atoms with Gasteiger partial charge in [-0.1, -0.05) is 6.92 Å². The Bertz CT molecular complexity index is 64.0. The average Bonchev–Trinajstić information content (AvgIpc) is 1.87. The predicted molar refractivity (Wildman–Crippen MR) is 48.7 cm³/mol. The Morgan fingerprint density at radius 3 is 2.67 bits per heavy atom. The van der Waals surface area contributed by atoms with Gasteiger partial charge in [-0.3, -0.25) is 0 Å². The van der Waals surface area contributed by atoms with Gasteiger partial charge in [0.05, 0.1) is 0 Å². The number of alkyl halides is 1. The summed E-state index contributed by atoms with van der Waals surface area (Å²) in [7, 11) is 0.120. The van der Waals surface area contributed by atoms with Crippen LogP contribution in [0, 0.1) is 5.92 Å². The highest BCUT2D eigenvalue weighted by molar-refractivity contribution is 6.54. The minimum atomic E-state index is -0.780. The van der Waals surface area contributed by atoms with Crippen LogP contribution in [0.3, 0.4) is 0 Å². The maximum atomic E-state index is 5.63. The second-order valence-corrected chi connectivity index (χ2v) is 6.83. The first-order valence-electron chi connectivity index (χ1n) is 3.29. The lowest BCUT2D eigenvalue weighted by Gasteiger charge is -2.11. The summed E-state index contributed by atoms with van der Waals surface area (Å²) in [5, 5.41) is 0. The normalized spacial score (nSPS) is 17.7. The second-order valence-electron chi connectivity index (χ2n) is 2.54. The standard InChI is InChI=1S/C5H15ClOSi2/c1-5(3-6)4-9(2)7-8/h5,9H,3-4H2,1-2,8H3. The summed E-state index contributed by atoms with van der Waals surface area (Å²) < 4.78 is 5.34. The molecule has 0 rings (SSSR count). The number of halogens is 1. The topological polar surface area (TPSA) is 9.23 Å². The fraction of sp³-hybridized carbons (Fsp3) is 1.00. The van der Waals surface area contributed by atoms with Crippen molar-refractivity contribution in [1.29, 1.82) is 0 Å². The molecule has 0 radical (unpaired) electrons. The van der Waals surface area contributed by atoms with E-state index in [1.807, 2.05) is 0 Å². The first-order chi connectivity index (χ1) is 4.20. The maximum Gasteiger partial charge on any atom is 0.159 e. The molecule has 9 heavy (non-hydrogen) atoms. The molecule has 0 heterocycles. The molecule has 0 aromatic heterocycles. The van der Waals surface area contributed by atoms with Crippen molar-refractivity contribution in [1.82, 2.24) is 0 Å². The molecule has 0 saturated carbocycles. The van der Waals surface area contributed by atoms with Gasteiger partial charge in [-0.05, 0) is 18.5 Å². The molecule has 0 N–H and O–H groups in total. The zero-order chi connectivity index (χ0) is 7.28. The molecule has 0 spiro atoms. The van der Waals surface area contributed by atoms with Crippen LogP contribution in [0.1, 0.15) is 6.92 Å². The largest absolute Gasteiger partial charge is 0.466 e. The molecule has 0 fully saturated rings. The molecule has 0 aliphatic rings. The fourth-order valence-electron chi connectivity index (χ4n) is 0.726. The molecule has 0 aliphatic heterocycles. The van der Waals surface area contributed by atoms with Crippen molar-refractivity contribution in [2.24, 2.45) is 5.92 Å². The Morgan fingerprint density at radius 1 is 1.78 bits per heavy atom. The van der Waals surface area contributed by atoms with Gasteiger partial charge in [0.15, 0.2) is 9.04 Å². The van der Waals surface area contributed by atoms with E-state index in [0.717, 1.165) is 16.4 Å². The molecule has 4 heteroatoms. The lowest BCUT2D eigenvalue weighted by molar-refractivity contribution is 0.604. The summed E-state index contributed by atoms with van der Waals surface area (Å²) in [6.07, 6.45) is 0. The number of rotatable bonds is 4. The maximum absolute atomic E-state index is 5.63. The summed E-state index contributed by atoms with van der Waals surface area (Å²) >= 11 is 5.63. The Morgan fingerprint density at radius 2 is 2.33 bits per heavy atom. The van der Waals surface area contributed by atoms with Crippen LogP contribution in [0.4, 0.5) is 0 Å². The molecular weight excluding hydrogens is 168 g/mol. The van der Waals surface area contributed by atoms with Gasteiger partial charge in [-0.25, -0.2) is 0 Å². The first-order valence-corrected chi connectivity index (χ1v) is 7.08. The minimum absolute atomic E-state index is 0.655. The van der Waals surface area contributed by atoms with E-state index in [-0.39, 0.29) is 0 Å². The van der Waals surface area contributed by atoms with Crippen LogP contribution in [-0.2, 0) is 4.12 Å². The van der Waals surface area contributed by atoms with E-state index in [1.165, 1.54) is 6.04 Å². The molecule has 1 nitrogen and oxygen atoms in total. The Labute approximate surface area is 67.0 Å². The molecule has 56 valence electrons. The predicted octanol–water partition coefficient (Wildman–Crippen LogP) is 0.512. The molecule has 2 atom stereocenters. The molecule has 0 bridgehead atoms. The quantitative estimate of drug-likeness (QED) is 0.455. The zero-order valence-corrected chi connectivity index (χ0v) is 10.3. The molecule has 0 saturated heterocycles. The second kappa shape index (κ2) is 5.47. The van der Waals surface area contributed by atoms with E-state index in [4.69, 9.17) is 15.7 Å². The van der Waals surface area contributed by atoms with Crippen LogP contribution >= 0.6 is 11.6 Å². The van der Waals surface area contributed by atoms with Crippen LogP contribution < -0.4 is 0 Å². The van der Waals surface area contributed by atoms with E-state index in [0.29, 0.717) is 5.92 Å². The van der Waals surface area contributed by atoms with Gasteiger partial charge in [0.1, 0.15) is 10.5 Å². The van der Waals surface area contributed by atoms with E-state index < -0.39 is 9.04 Å². The van der Waals surface area contributed by atoms with Crippen molar-refractivity contribution in [2.75, 3.05) is 5.88 Å². The van der Waals surface area contributed by atoms with Crippen LogP contribution in [0.5, 0.6) is 0 Å². The average molecular weight is 183 g/mol. The molecular formula is C5H15ClOSi2. The van der Waals surface area contributed by atoms with Crippen molar-refractivity contribution in [2.45, 2.75) is 19.5 Å². The van der Waals surface area contributed by atoms with Crippen molar-refractivity contribution in [3.05, 3.63) is 0 Å². The third-order valence-corrected chi connectivity index (χ3v) is 6.61. The molecule has 0 aromatic rings. The summed E-state index contributed by atoms with van der Waals surface area (Å²) in [6.45, 7) is 4.41. The monoisotopic (exact) mass is 182 g/mol. The van der Waals surface area contributed by atoms with Crippen LogP contribution in [0.25, 0.3) is 0 Å². The van der Waals surface area contributed by atoms with Crippen molar-refractivity contribution < 1.29 is 4.12 Å². The highest BCUT2D eigenvalue weighted by Crippen LogP contribution is 2.07. The van der Waals surface area contributed by atoms with E-state index >= 15 is 0 Å². The third kappa shape index (κ3) is 5.14. The number of hydrogen-bond donors (Lipinski definition) is 0. The molecule has 0 amide bonds. The Balaban J connectivity index is 3.22. The highest BCUT2D eigenvalue weighted by Gasteiger charge is 2.06. The smallest absolute Gasteiger partial charge is 0.159 e. The van der Waals surface area contributed by atoms with E-state index in [1.54, 1.807) is 0 Å². The zero-order valence-electron chi connectivity index (χ0n) is 6.36. The summed E-state index contributed by atoms with van der Waals surface area (Å²) in [5.74, 6) is 1.43. The van der Waals surface area contributed by atoms with Crippen LogP contribution in [0.15, 0.2) is 0 Å². The van der Waals surface area contributed by atoms with Gasteiger partial charge < -0.3 is 4.12 Å². The van der Waals surface area contributed by atoms with Crippen molar-refractivity contribution in [3.8, 4) is 0 Å². The Hall–Kier alpha value is 0.684. The van der Waals surface area contributed by atoms with Crippen molar-refractivity contribution in [3.63, 3.8) is 0 Å². The van der Waals surface area contributed by atoms with Crippen LogP contribution in [-0.4, -0.2) is 25.4 Å². The van der Waals surface area contributed by atoms with Crippen LogP contribution in [0.2, 0.25) is 12.6 Å². The Kier molecular flexibility index (Phi) is 5.88. The minimum Gasteiger partial charge on any atom is -0.466 e. The molecule has 0 aliphatic carbocycles. The van der Waals surface area contributed by atoms with Crippen molar-refractivity contribution >= 4 is 31.1 Å². The van der Waals surface area contributed by atoms with E-state index in [2.05, 4.69) is 13.5 Å².